The van der Waals surface area contributed by atoms with Crippen LogP contribution in [0.15, 0.2) is 24.3 Å². The largest absolute Gasteiger partial charge is 0.393 e. The van der Waals surface area contributed by atoms with Gasteiger partial charge in [-0.2, -0.15) is 5.10 Å². The first kappa shape index (κ1) is 11.7. The molecule has 1 N–H and O–H groups in total. The summed E-state index contributed by atoms with van der Waals surface area (Å²) in [4.78, 5) is 0. The SMILES string of the molecule is CCn1nc(CCC(O)C2CC2)c2ccccc21. The van der Waals surface area contributed by atoms with Crippen LogP contribution in [0.3, 0.4) is 0 Å². The van der Waals surface area contributed by atoms with Crippen molar-refractivity contribution in [3.63, 3.8) is 0 Å². The highest BCUT2D eigenvalue weighted by Gasteiger charge is 2.29. The molecule has 1 heterocycles. The van der Waals surface area contributed by atoms with Gasteiger partial charge in [0.05, 0.1) is 17.3 Å². The van der Waals surface area contributed by atoms with Crippen molar-refractivity contribution < 1.29 is 5.11 Å². The van der Waals surface area contributed by atoms with Crippen LogP contribution in [0, 0.1) is 5.92 Å². The Hall–Kier alpha value is -1.35. The summed E-state index contributed by atoms with van der Waals surface area (Å²) in [7, 11) is 0. The van der Waals surface area contributed by atoms with Gasteiger partial charge in [0, 0.05) is 11.9 Å². The van der Waals surface area contributed by atoms with Gasteiger partial charge in [-0.25, -0.2) is 0 Å². The van der Waals surface area contributed by atoms with Gasteiger partial charge < -0.3 is 5.11 Å². The molecule has 3 rings (SSSR count). The highest BCUT2D eigenvalue weighted by atomic mass is 16.3. The highest BCUT2D eigenvalue weighted by Crippen LogP contribution is 2.34. The lowest BCUT2D eigenvalue weighted by atomic mass is 10.1. The molecule has 1 aliphatic rings. The van der Waals surface area contributed by atoms with E-state index in [9.17, 15) is 5.11 Å². The van der Waals surface area contributed by atoms with Gasteiger partial charge in [-0.1, -0.05) is 18.2 Å². The van der Waals surface area contributed by atoms with E-state index in [1.165, 1.54) is 23.7 Å². The minimum Gasteiger partial charge on any atom is -0.393 e. The summed E-state index contributed by atoms with van der Waals surface area (Å²) in [5, 5.41) is 15.9. The maximum atomic E-state index is 9.95. The number of hydrogen-bond donors (Lipinski definition) is 1. The lowest BCUT2D eigenvalue weighted by Crippen LogP contribution is -2.10. The van der Waals surface area contributed by atoms with Gasteiger partial charge in [0.25, 0.3) is 0 Å². The molecule has 0 saturated heterocycles. The van der Waals surface area contributed by atoms with Gasteiger partial charge in [-0.05, 0) is 44.6 Å². The Morgan fingerprint density at radius 3 is 2.89 bits per heavy atom. The van der Waals surface area contributed by atoms with Crippen molar-refractivity contribution in [2.45, 2.75) is 45.3 Å². The monoisotopic (exact) mass is 244 g/mol. The summed E-state index contributed by atoms with van der Waals surface area (Å²) in [5.74, 6) is 0.560. The standard InChI is InChI=1S/C15H20N2O/c1-2-17-14-6-4-3-5-12(14)13(16-17)9-10-15(18)11-7-8-11/h3-6,11,15,18H,2,7-10H2,1H3. The smallest absolute Gasteiger partial charge is 0.0704 e. The fourth-order valence-corrected chi connectivity index (χ4v) is 2.62. The Balaban J connectivity index is 1.82. The first-order chi connectivity index (χ1) is 8.79. The molecule has 0 radical (unpaired) electrons. The van der Waals surface area contributed by atoms with Gasteiger partial charge >= 0.3 is 0 Å². The summed E-state index contributed by atoms with van der Waals surface area (Å²) >= 11 is 0. The van der Waals surface area contributed by atoms with Crippen molar-refractivity contribution in [2.75, 3.05) is 0 Å². The third-order valence-corrected chi connectivity index (χ3v) is 3.88. The molecule has 1 aromatic heterocycles. The van der Waals surface area contributed by atoms with Crippen LogP contribution in [0.25, 0.3) is 10.9 Å². The van der Waals surface area contributed by atoms with Crippen LogP contribution in [0.2, 0.25) is 0 Å². The Bertz CT molecular complexity index is 542. The summed E-state index contributed by atoms with van der Waals surface area (Å²) < 4.78 is 2.05. The normalized spacial score (nSPS) is 17.2. The van der Waals surface area contributed by atoms with Crippen LogP contribution in [-0.4, -0.2) is 21.0 Å². The topological polar surface area (TPSA) is 38.0 Å². The van der Waals surface area contributed by atoms with Crippen molar-refractivity contribution in [2.24, 2.45) is 5.92 Å². The van der Waals surface area contributed by atoms with Gasteiger partial charge in [0.2, 0.25) is 0 Å². The van der Waals surface area contributed by atoms with E-state index in [2.05, 4.69) is 36.3 Å². The minimum absolute atomic E-state index is 0.129. The van der Waals surface area contributed by atoms with Crippen molar-refractivity contribution in [1.82, 2.24) is 9.78 Å². The molecule has 3 nitrogen and oxygen atoms in total. The fraction of sp³-hybridized carbons (Fsp3) is 0.533. The fourth-order valence-electron chi connectivity index (χ4n) is 2.62. The molecule has 0 amide bonds. The minimum atomic E-state index is -0.129. The van der Waals surface area contributed by atoms with Gasteiger partial charge in [-0.15, -0.1) is 0 Å². The first-order valence-corrected chi connectivity index (χ1v) is 6.92. The van der Waals surface area contributed by atoms with E-state index >= 15 is 0 Å². The molecule has 1 unspecified atom stereocenters. The second kappa shape index (κ2) is 4.73. The van der Waals surface area contributed by atoms with E-state index in [0.717, 1.165) is 25.1 Å². The molecule has 96 valence electrons. The van der Waals surface area contributed by atoms with Crippen molar-refractivity contribution >= 4 is 10.9 Å². The summed E-state index contributed by atoms with van der Waals surface area (Å²) in [5.41, 5.74) is 2.34. The zero-order valence-electron chi connectivity index (χ0n) is 10.8. The van der Waals surface area contributed by atoms with Crippen molar-refractivity contribution in [3.05, 3.63) is 30.0 Å². The zero-order chi connectivity index (χ0) is 12.5. The molecule has 0 bridgehead atoms. The molecule has 1 atom stereocenters. The molecule has 1 fully saturated rings. The van der Waals surface area contributed by atoms with Crippen LogP contribution in [0.4, 0.5) is 0 Å². The van der Waals surface area contributed by atoms with E-state index < -0.39 is 0 Å². The summed E-state index contributed by atoms with van der Waals surface area (Å²) in [6.07, 6.45) is 3.99. The van der Waals surface area contributed by atoms with Gasteiger partial charge in [0.15, 0.2) is 0 Å². The number of benzene rings is 1. The third kappa shape index (κ3) is 2.15. The summed E-state index contributed by atoms with van der Waals surface area (Å²) in [6.45, 7) is 3.01. The first-order valence-electron chi connectivity index (χ1n) is 6.92. The molecular weight excluding hydrogens is 224 g/mol. The average Bonchev–Trinajstić information content (AvgIpc) is 3.19. The number of hydrogen-bond acceptors (Lipinski definition) is 2. The summed E-state index contributed by atoms with van der Waals surface area (Å²) in [6, 6.07) is 8.36. The second-order valence-corrected chi connectivity index (χ2v) is 5.22. The molecule has 1 aliphatic carbocycles. The van der Waals surface area contributed by atoms with Crippen molar-refractivity contribution in [1.29, 1.82) is 0 Å². The van der Waals surface area contributed by atoms with Crippen LogP contribution in [0.5, 0.6) is 0 Å². The molecule has 18 heavy (non-hydrogen) atoms. The molecule has 2 aromatic rings. The number of aliphatic hydroxyl groups is 1. The average molecular weight is 244 g/mol. The molecule has 1 saturated carbocycles. The van der Waals surface area contributed by atoms with E-state index in [1.54, 1.807) is 0 Å². The zero-order valence-corrected chi connectivity index (χ0v) is 10.8. The Labute approximate surface area is 107 Å². The Morgan fingerprint density at radius 1 is 1.39 bits per heavy atom. The number of fused-ring (bicyclic) bond motifs is 1. The van der Waals surface area contributed by atoms with Crippen LogP contribution in [-0.2, 0) is 13.0 Å². The van der Waals surface area contributed by atoms with E-state index in [4.69, 9.17) is 0 Å². The third-order valence-electron chi connectivity index (χ3n) is 3.88. The molecule has 1 aromatic carbocycles. The maximum absolute atomic E-state index is 9.95. The molecule has 0 aliphatic heterocycles. The lowest BCUT2D eigenvalue weighted by molar-refractivity contribution is 0.141. The molecule has 0 spiro atoms. The van der Waals surface area contributed by atoms with Crippen LogP contribution in [0.1, 0.15) is 31.9 Å². The molecular formula is C15H20N2O. The highest BCUT2D eigenvalue weighted by molar-refractivity contribution is 5.81. The molecule has 3 heteroatoms. The van der Waals surface area contributed by atoms with E-state index in [-0.39, 0.29) is 6.10 Å². The predicted molar refractivity (Wildman–Crippen MR) is 72.5 cm³/mol. The Morgan fingerprint density at radius 2 is 2.17 bits per heavy atom. The van der Waals surface area contributed by atoms with E-state index in [1.807, 2.05) is 4.68 Å². The number of nitrogens with zero attached hydrogens (tertiary/aromatic N) is 2. The van der Waals surface area contributed by atoms with Crippen LogP contribution < -0.4 is 0 Å². The number of aromatic nitrogens is 2. The van der Waals surface area contributed by atoms with Gasteiger partial charge in [-0.3, -0.25) is 4.68 Å². The quantitative estimate of drug-likeness (QED) is 0.878. The number of aryl methyl sites for hydroxylation is 2. The van der Waals surface area contributed by atoms with E-state index in [0.29, 0.717) is 5.92 Å². The van der Waals surface area contributed by atoms with Crippen LogP contribution >= 0.6 is 0 Å². The lowest BCUT2D eigenvalue weighted by Gasteiger charge is -2.07. The predicted octanol–water partition coefficient (Wildman–Crippen LogP) is 2.76. The number of aliphatic hydroxyl groups excluding tert-OH is 1. The number of rotatable bonds is 5. The van der Waals surface area contributed by atoms with Crippen molar-refractivity contribution in [3.8, 4) is 0 Å². The number of para-hydroxylation sites is 1. The second-order valence-electron chi connectivity index (χ2n) is 5.22. The van der Waals surface area contributed by atoms with Gasteiger partial charge in [0.1, 0.15) is 0 Å². The Kier molecular flexibility index (Phi) is 3.08. The maximum Gasteiger partial charge on any atom is 0.0704 e.